The van der Waals surface area contributed by atoms with Gasteiger partial charge < -0.3 is 15.8 Å². The van der Waals surface area contributed by atoms with Crippen LogP contribution >= 0.6 is 0 Å². The number of nitrogens with one attached hydrogen (secondary N) is 1. The second kappa shape index (κ2) is 4.00. The van der Waals surface area contributed by atoms with E-state index < -0.39 is 0 Å². The van der Waals surface area contributed by atoms with E-state index in [1.807, 2.05) is 0 Å². The summed E-state index contributed by atoms with van der Waals surface area (Å²) in [5.41, 5.74) is 6.11. The average Bonchev–Trinajstić information content (AvgIpc) is 2.91. The summed E-state index contributed by atoms with van der Waals surface area (Å²) in [6, 6.07) is 3.40. The third kappa shape index (κ3) is 1.98. The van der Waals surface area contributed by atoms with Gasteiger partial charge >= 0.3 is 0 Å². The molecule has 1 aromatic rings. The maximum absolute atomic E-state index is 12.0. The van der Waals surface area contributed by atoms with E-state index in [0.717, 1.165) is 19.3 Å². The van der Waals surface area contributed by atoms with Crippen LogP contribution in [0, 0.1) is 0 Å². The number of aromatic nitrogens is 1. The number of fused-ring (bicyclic) bond motifs is 2. The monoisotopic (exact) mass is 233 g/mol. The van der Waals surface area contributed by atoms with Gasteiger partial charge in [-0.1, -0.05) is 0 Å². The third-order valence-electron chi connectivity index (χ3n) is 3.47. The van der Waals surface area contributed by atoms with Gasteiger partial charge in [0.2, 0.25) is 0 Å². The highest BCUT2D eigenvalue weighted by Gasteiger charge is 2.41. The number of nitrogen functional groups attached to an aromatic ring is 1. The van der Waals surface area contributed by atoms with Crippen LogP contribution < -0.4 is 11.1 Å². The van der Waals surface area contributed by atoms with Crippen molar-refractivity contribution < 1.29 is 9.53 Å². The predicted octanol–water partition coefficient (Wildman–Crippen LogP) is 0.713. The number of nitrogens with zero attached hydrogens (tertiary/aromatic N) is 1. The van der Waals surface area contributed by atoms with Crippen LogP contribution in [0.3, 0.4) is 0 Å². The van der Waals surface area contributed by atoms with Gasteiger partial charge in [-0.25, -0.2) is 4.98 Å². The zero-order valence-electron chi connectivity index (χ0n) is 9.43. The van der Waals surface area contributed by atoms with Gasteiger partial charge in [0.25, 0.3) is 5.91 Å². The van der Waals surface area contributed by atoms with Crippen molar-refractivity contribution in [2.45, 2.75) is 37.5 Å². The number of carbonyl (C=O) groups excluding carboxylic acids is 1. The Morgan fingerprint density at radius 1 is 1.53 bits per heavy atom. The quantitative estimate of drug-likeness (QED) is 0.788. The molecule has 2 aliphatic heterocycles. The predicted molar refractivity (Wildman–Crippen MR) is 62.4 cm³/mol. The molecule has 5 nitrogen and oxygen atoms in total. The van der Waals surface area contributed by atoms with Crippen LogP contribution in [0.15, 0.2) is 18.3 Å². The maximum Gasteiger partial charge on any atom is 0.251 e. The Hall–Kier alpha value is -1.62. The van der Waals surface area contributed by atoms with E-state index in [-0.39, 0.29) is 18.1 Å². The molecule has 3 unspecified atom stereocenters. The molecular formula is C12H15N3O2. The van der Waals surface area contributed by atoms with Crippen molar-refractivity contribution in [2.24, 2.45) is 0 Å². The Bertz CT molecular complexity index is 449. The normalized spacial score (nSPS) is 30.5. The van der Waals surface area contributed by atoms with Crippen LogP contribution in [0.4, 0.5) is 5.82 Å². The molecule has 0 radical (unpaired) electrons. The zero-order chi connectivity index (χ0) is 11.8. The second-order valence-corrected chi connectivity index (χ2v) is 4.66. The summed E-state index contributed by atoms with van der Waals surface area (Å²) in [6.45, 7) is 0. The number of ether oxygens (including phenoxy) is 1. The fraction of sp³-hybridized carbons (Fsp3) is 0.500. The molecular weight excluding hydrogens is 218 g/mol. The summed E-state index contributed by atoms with van der Waals surface area (Å²) in [7, 11) is 0. The minimum atomic E-state index is -0.0970. The Labute approximate surface area is 99.4 Å². The molecule has 3 rings (SSSR count). The fourth-order valence-electron chi connectivity index (χ4n) is 2.63. The molecule has 17 heavy (non-hydrogen) atoms. The SMILES string of the molecule is Nc1cc(C(=O)NC2CC3CCC2O3)ccn1. The van der Waals surface area contributed by atoms with Gasteiger partial charge in [-0.05, 0) is 31.4 Å². The van der Waals surface area contributed by atoms with Crippen molar-refractivity contribution >= 4 is 11.7 Å². The van der Waals surface area contributed by atoms with Crippen molar-refractivity contribution in [2.75, 3.05) is 5.73 Å². The third-order valence-corrected chi connectivity index (χ3v) is 3.47. The van der Waals surface area contributed by atoms with Gasteiger partial charge in [0.05, 0.1) is 18.2 Å². The van der Waals surface area contributed by atoms with E-state index in [1.54, 1.807) is 18.3 Å². The van der Waals surface area contributed by atoms with Gasteiger partial charge in [0.15, 0.2) is 0 Å². The number of carbonyl (C=O) groups is 1. The van der Waals surface area contributed by atoms with Crippen molar-refractivity contribution in [3.05, 3.63) is 23.9 Å². The molecule has 2 fully saturated rings. The smallest absolute Gasteiger partial charge is 0.251 e. The molecule has 5 heteroatoms. The number of hydrogen-bond acceptors (Lipinski definition) is 4. The lowest BCUT2D eigenvalue weighted by atomic mass is 9.95. The molecule has 2 saturated heterocycles. The molecule has 1 aromatic heterocycles. The van der Waals surface area contributed by atoms with E-state index in [2.05, 4.69) is 10.3 Å². The summed E-state index contributed by atoms with van der Waals surface area (Å²) < 4.78 is 5.69. The largest absolute Gasteiger partial charge is 0.384 e. The molecule has 3 heterocycles. The number of rotatable bonds is 2. The zero-order valence-corrected chi connectivity index (χ0v) is 9.43. The Morgan fingerprint density at radius 2 is 2.41 bits per heavy atom. The molecule has 90 valence electrons. The van der Waals surface area contributed by atoms with E-state index in [0.29, 0.717) is 17.5 Å². The molecule has 2 bridgehead atoms. The molecule has 0 saturated carbocycles. The summed E-state index contributed by atoms with van der Waals surface area (Å²) in [5.74, 6) is 0.266. The van der Waals surface area contributed by atoms with Gasteiger partial charge in [0.1, 0.15) is 5.82 Å². The Morgan fingerprint density at radius 3 is 3.06 bits per heavy atom. The number of nitrogens with two attached hydrogens (primary N) is 1. The minimum absolute atomic E-state index is 0.0970. The van der Waals surface area contributed by atoms with Crippen LogP contribution in [0.5, 0.6) is 0 Å². The lowest BCUT2D eigenvalue weighted by Crippen LogP contribution is -2.41. The maximum atomic E-state index is 12.0. The highest BCUT2D eigenvalue weighted by molar-refractivity contribution is 5.94. The standard InChI is InChI=1S/C12H15N3O2/c13-11-5-7(3-4-14-11)12(16)15-9-6-8-1-2-10(9)17-8/h3-5,8-10H,1-2,6H2,(H2,13,14)(H,15,16). The number of amides is 1. The molecule has 2 aliphatic rings. The number of pyridine rings is 1. The first-order valence-electron chi connectivity index (χ1n) is 5.90. The lowest BCUT2D eigenvalue weighted by molar-refractivity contribution is 0.0841. The first kappa shape index (κ1) is 10.5. The highest BCUT2D eigenvalue weighted by Crippen LogP contribution is 2.34. The van der Waals surface area contributed by atoms with E-state index >= 15 is 0 Å². The summed E-state index contributed by atoms with van der Waals surface area (Å²) >= 11 is 0. The van der Waals surface area contributed by atoms with Crippen molar-refractivity contribution in [1.29, 1.82) is 0 Å². The van der Waals surface area contributed by atoms with Crippen LogP contribution in [0.25, 0.3) is 0 Å². The molecule has 0 aliphatic carbocycles. The Kier molecular flexibility index (Phi) is 2.48. The van der Waals surface area contributed by atoms with Gasteiger partial charge in [-0.2, -0.15) is 0 Å². The van der Waals surface area contributed by atoms with Gasteiger partial charge in [-0.3, -0.25) is 4.79 Å². The number of hydrogen-bond donors (Lipinski definition) is 2. The number of anilines is 1. The molecule has 0 spiro atoms. The van der Waals surface area contributed by atoms with Crippen LogP contribution in [0.2, 0.25) is 0 Å². The average molecular weight is 233 g/mol. The highest BCUT2D eigenvalue weighted by atomic mass is 16.5. The van der Waals surface area contributed by atoms with Gasteiger partial charge in [-0.15, -0.1) is 0 Å². The molecule has 3 N–H and O–H groups in total. The Balaban J connectivity index is 1.68. The van der Waals surface area contributed by atoms with Crippen molar-refractivity contribution in [3.8, 4) is 0 Å². The fourth-order valence-corrected chi connectivity index (χ4v) is 2.63. The van der Waals surface area contributed by atoms with Crippen molar-refractivity contribution in [3.63, 3.8) is 0 Å². The van der Waals surface area contributed by atoms with E-state index in [4.69, 9.17) is 10.5 Å². The first-order chi connectivity index (χ1) is 8.22. The molecule has 3 atom stereocenters. The summed E-state index contributed by atoms with van der Waals surface area (Å²) in [4.78, 5) is 15.8. The van der Waals surface area contributed by atoms with Crippen molar-refractivity contribution in [1.82, 2.24) is 10.3 Å². The topological polar surface area (TPSA) is 77.2 Å². The summed E-state index contributed by atoms with van der Waals surface area (Å²) in [6.07, 6.45) is 5.18. The second-order valence-electron chi connectivity index (χ2n) is 4.66. The molecule has 1 amide bonds. The van der Waals surface area contributed by atoms with Crippen LogP contribution in [-0.4, -0.2) is 29.1 Å². The lowest BCUT2D eigenvalue weighted by Gasteiger charge is -2.19. The first-order valence-corrected chi connectivity index (χ1v) is 5.90. The van der Waals surface area contributed by atoms with Crippen LogP contribution in [-0.2, 0) is 4.74 Å². The van der Waals surface area contributed by atoms with E-state index in [9.17, 15) is 4.79 Å². The van der Waals surface area contributed by atoms with Crippen LogP contribution in [0.1, 0.15) is 29.6 Å². The van der Waals surface area contributed by atoms with E-state index in [1.165, 1.54) is 0 Å². The molecule has 0 aromatic carbocycles. The van der Waals surface area contributed by atoms with Gasteiger partial charge in [0, 0.05) is 11.8 Å². The minimum Gasteiger partial charge on any atom is -0.384 e. The summed E-state index contributed by atoms with van der Waals surface area (Å²) in [5, 5.41) is 3.01.